The van der Waals surface area contributed by atoms with Gasteiger partial charge in [0.05, 0.1) is 0 Å². The van der Waals surface area contributed by atoms with Gasteiger partial charge in [0.25, 0.3) is 5.91 Å². The fourth-order valence-electron chi connectivity index (χ4n) is 1.50. The van der Waals surface area contributed by atoms with Crippen molar-refractivity contribution in [1.82, 2.24) is 4.98 Å². The Morgan fingerprint density at radius 2 is 2.11 bits per heavy atom. The Kier molecular flexibility index (Phi) is 3.23. The summed E-state index contributed by atoms with van der Waals surface area (Å²) >= 11 is 0. The standard InChI is InChI=1S/C13H11FN2O2/c1-8-9(14)4-2-5-10(8)16-13(18)12-11(17)6-3-7-15-12/h2-7,17H,1H3,(H,16,18). The summed E-state index contributed by atoms with van der Waals surface area (Å²) in [6.45, 7) is 1.56. The van der Waals surface area contributed by atoms with Gasteiger partial charge in [-0.05, 0) is 31.2 Å². The minimum Gasteiger partial charge on any atom is -0.505 e. The molecule has 0 aliphatic rings. The Hall–Kier alpha value is -2.43. The van der Waals surface area contributed by atoms with Crippen LogP contribution in [0.15, 0.2) is 36.5 Å². The van der Waals surface area contributed by atoms with Crippen LogP contribution in [0.2, 0.25) is 0 Å². The molecular formula is C13H11FN2O2. The number of carbonyl (C=O) groups excluding carboxylic acids is 1. The number of amides is 1. The number of pyridine rings is 1. The Balaban J connectivity index is 2.27. The number of aromatic hydroxyl groups is 1. The van der Waals surface area contributed by atoms with Crippen LogP contribution in [-0.2, 0) is 0 Å². The predicted molar refractivity (Wildman–Crippen MR) is 65.0 cm³/mol. The van der Waals surface area contributed by atoms with Gasteiger partial charge in [-0.1, -0.05) is 6.07 Å². The highest BCUT2D eigenvalue weighted by molar-refractivity contribution is 6.04. The summed E-state index contributed by atoms with van der Waals surface area (Å²) in [5, 5.41) is 12.0. The molecule has 0 bridgehead atoms. The average molecular weight is 246 g/mol. The zero-order valence-corrected chi connectivity index (χ0v) is 9.64. The molecule has 0 fully saturated rings. The van der Waals surface area contributed by atoms with Crippen molar-refractivity contribution in [3.05, 3.63) is 53.6 Å². The van der Waals surface area contributed by atoms with E-state index in [1.165, 1.54) is 30.5 Å². The van der Waals surface area contributed by atoms with E-state index in [1.54, 1.807) is 13.0 Å². The molecule has 1 aromatic carbocycles. The van der Waals surface area contributed by atoms with Crippen LogP contribution in [0.1, 0.15) is 16.1 Å². The number of nitrogens with one attached hydrogen (secondary N) is 1. The van der Waals surface area contributed by atoms with E-state index >= 15 is 0 Å². The van der Waals surface area contributed by atoms with Crippen LogP contribution in [0.3, 0.4) is 0 Å². The van der Waals surface area contributed by atoms with Gasteiger partial charge in [-0.15, -0.1) is 0 Å². The summed E-state index contributed by atoms with van der Waals surface area (Å²) in [5.74, 6) is -1.20. The second-order valence-corrected chi connectivity index (χ2v) is 3.74. The lowest BCUT2D eigenvalue weighted by Crippen LogP contribution is -2.14. The molecule has 0 aliphatic carbocycles. The third kappa shape index (κ3) is 2.29. The zero-order valence-electron chi connectivity index (χ0n) is 9.64. The second-order valence-electron chi connectivity index (χ2n) is 3.74. The van der Waals surface area contributed by atoms with Gasteiger partial charge in [0.2, 0.25) is 0 Å². The molecule has 92 valence electrons. The third-order valence-corrected chi connectivity index (χ3v) is 2.52. The highest BCUT2D eigenvalue weighted by Gasteiger charge is 2.14. The number of benzene rings is 1. The van der Waals surface area contributed by atoms with Gasteiger partial charge >= 0.3 is 0 Å². The maximum Gasteiger partial charge on any atom is 0.278 e. The van der Waals surface area contributed by atoms with Crippen LogP contribution < -0.4 is 5.32 Å². The van der Waals surface area contributed by atoms with Gasteiger partial charge in [0, 0.05) is 17.4 Å². The molecule has 5 heteroatoms. The lowest BCUT2D eigenvalue weighted by molar-refractivity contribution is 0.101. The van der Waals surface area contributed by atoms with Crippen LogP contribution in [0, 0.1) is 12.7 Å². The number of halogens is 1. The number of carbonyl (C=O) groups is 1. The molecule has 0 radical (unpaired) electrons. The van der Waals surface area contributed by atoms with Crippen molar-refractivity contribution < 1.29 is 14.3 Å². The molecule has 18 heavy (non-hydrogen) atoms. The van der Waals surface area contributed by atoms with Crippen LogP contribution in [0.5, 0.6) is 5.75 Å². The fraction of sp³-hybridized carbons (Fsp3) is 0.0769. The largest absolute Gasteiger partial charge is 0.505 e. The summed E-state index contributed by atoms with van der Waals surface area (Å²) in [7, 11) is 0. The summed E-state index contributed by atoms with van der Waals surface area (Å²) in [4.78, 5) is 15.6. The summed E-state index contributed by atoms with van der Waals surface area (Å²) < 4.78 is 13.3. The molecule has 0 saturated heterocycles. The first-order chi connectivity index (χ1) is 8.59. The molecule has 0 spiro atoms. The molecule has 0 atom stereocenters. The topological polar surface area (TPSA) is 62.2 Å². The van der Waals surface area contributed by atoms with E-state index in [2.05, 4.69) is 10.3 Å². The van der Waals surface area contributed by atoms with Gasteiger partial charge in [0.15, 0.2) is 5.69 Å². The predicted octanol–water partition coefficient (Wildman–Crippen LogP) is 2.49. The Morgan fingerprint density at radius 1 is 1.33 bits per heavy atom. The monoisotopic (exact) mass is 246 g/mol. The summed E-state index contributed by atoms with van der Waals surface area (Å²) in [6.07, 6.45) is 1.40. The molecule has 2 N–H and O–H groups in total. The van der Waals surface area contributed by atoms with Gasteiger partial charge < -0.3 is 10.4 Å². The van der Waals surface area contributed by atoms with Crippen LogP contribution >= 0.6 is 0 Å². The number of nitrogens with zero attached hydrogens (tertiary/aromatic N) is 1. The number of rotatable bonds is 2. The van der Waals surface area contributed by atoms with Crippen molar-refractivity contribution in [2.45, 2.75) is 6.92 Å². The average Bonchev–Trinajstić information content (AvgIpc) is 2.35. The van der Waals surface area contributed by atoms with Gasteiger partial charge in [-0.3, -0.25) is 4.79 Å². The molecule has 4 nitrogen and oxygen atoms in total. The minimum atomic E-state index is -0.582. The van der Waals surface area contributed by atoms with E-state index in [0.29, 0.717) is 11.3 Å². The van der Waals surface area contributed by atoms with Gasteiger partial charge in [-0.25, -0.2) is 9.37 Å². The van der Waals surface area contributed by atoms with E-state index in [9.17, 15) is 14.3 Å². The van der Waals surface area contributed by atoms with Crippen LogP contribution in [0.4, 0.5) is 10.1 Å². The Labute approximate surface area is 103 Å². The van der Waals surface area contributed by atoms with Crippen LogP contribution in [-0.4, -0.2) is 16.0 Å². The molecule has 1 amide bonds. The van der Waals surface area contributed by atoms with Crippen molar-refractivity contribution in [1.29, 1.82) is 0 Å². The molecule has 1 aromatic heterocycles. The Morgan fingerprint density at radius 3 is 2.83 bits per heavy atom. The first kappa shape index (κ1) is 12.0. The van der Waals surface area contributed by atoms with E-state index in [1.807, 2.05) is 0 Å². The first-order valence-corrected chi connectivity index (χ1v) is 5.30. The van der Waals surface area contributed by atoms with Crippen molar-refractivity contribution in [3.8, 4) is 5.75 Å². The lowest BCUT2D eigenvalue weighted by Gasteiger charge is -2.08. The number of hydrogen-bond donors (Lipinski definition) is 2. The van der Waals surface area contributed by atoms with Crippen LogP contribution in [0.25, 0.3) is 0 Å². The second kappa shape index (κ2) is 4.83. The van der Waals surface area contributed by atoms with Gasteiger partial charge in [0.1, 0.15) is 11.6 Å². The molecule has 1 heterocycles. The maximum atomic E-state index is 13.3. The van der Waals surface area contributed by atoms with Crippen molar-refractivity contribution >= 4 is 11.6 Å². The van der Waals surface area contributed by atoms with Crippen molar-refractivity contribution in [2.24, 2.45) is 0 Å². The van der Waals surface area contributed by atoms with Crippen molar-refractivity contribution in [3.63, 3.8) is 0 Å². The fourth-order valence-corrected chi connectivity index (χ4v) is 1.50. The highest BCUT2D eigenvalue weighted by Crippen LogP contribution is 2.20. The number of hydrogen-bond acceptors (Lipinski definition) is 3. The Bertz CT molecular complexity index is 599. The zero-order chi connectivity index (χ0) is 13.1. The SMILES string of the molecule is Cc1c(F)cccc1NC(=O)c1ncccc1O. The van der Waals surface area contributed by atoms with E-state index in [-0.39, 0.29) is 11.4 Å². The highest BCUT2D eigenvalue weighted by atomic mass is 19.1. The van der Waals surface area contributed by atoms with E-state index < -0.39 is 11.7 Å². The quantitative estimate of drug-likeness (QED) is 0.855. The van der Waals surface area contributed by atoms with Gasteiger partial charge in [-0.2, -0.15) is 0 Å². The molecule has 0 saturated carbocycles. The molecule has 0 unspecified atom stereocenters. The van der Waals surface area contributed by atoms with Crippen molar-refractivity contribution in [2.75, 3.05) is 5.32 Å². The lowest BCUT2D eigenvalue weighted by atomic mass is 10.2. The number of anilines is 1. The normalized spacial score (nSPS) is 10.1. The summed E-state index contributed by atoms with van der Waals surface area (Å²) in [5.41, 5.74) is 0.590. The van der Waals surface area contributed by atoms with E-state index in [0.717, 1.165) is 0 Å². The molecular weight excluding hydrogens is 235 g/mol. The molecule has 0 aliphatic heterocycles. The van der Waals surface area contributed by atoms with E-state index in [4.69, 9.17) is 0 Å². The molecule has 2 rings (SSSR count). The molecule has 2 aromatic rings. The third-order valence-electron chi connectivity index (χ3n) is 2.52. The maximum absolute atomic E-state index is 13.3. The number of aromatic nitrogens is 1. The summed E-state index contributed by atoms with van der Waals surface area (Å²) in [6, 6.07) is 7.26. The minimum absolute atomic E-state index is 0.0961. The first-order valence-electron chi connectivity index (χ1n) is 5.30. The smallest absolute Gasteiger partial charge is 0.278 e.